The third-order valence-electron chi connectivity index (χ3n) is 5.25. The van der Waals surface area contributed by atoms with E-state index >= 15 is 0 Å². The van der Waals surface area contributed by atoms with Crippen LogP contribution in [-0.4, -0.2) is 20.8 Å². The molecule has 1 amide bonds. The Morgan fingerprint density at radius 2 is 1.97 bits per heavy atom. The predicted molar refractivity (Wildman–Crippen MR) is 112 cm³/mol. The third kappa shape index (κ3) is 3.17. The minimum atomic E-state index is -0.486. The number of hydrogen-bond acceptors (Lipinski definition) is 4. The molecule has 2 aromatic heterocycles. The molecule has 6 nitrogen and oxygen atoms in total. The Morgan fingerprint density at radius 1 is 1.10 bits per heavy atom. The molecule has 0 radical (unpaired) electrons. The first-order valence-electron chi connectivity index (χ1n) is 9.21. The Hall–Kier alpha value is -3.19. The Balaban J connectivity index is 1.53. The molecule has 0 spiro atoms. The minimum Gasteiger partial charge on any atom is -0.408 e. The molecule has 1 atom stereocenters. The topological polar surface area (TPSA) is 79.2 Å². The van der Waals surface area contributed by atoms with Gasteiger partial charge >= 0.3 is 5.76 Å². The highest BCUT2D eigenvalue weighted by Crippen LogP contribution is 2.37. The first-order valence-corrected chi connectivity index (χ1v) is 10.0. The number of carbonyl (C=O) groups excluding carboxylic acids is 1. The van der Waals surface area contributed by atoms with Crippen LogP contribution in [0.2, 0.25) is 0 Å². The van der Waals surface area contributed by atoms with E-state index in [1.807, 2.05) is 47.4 Å². The first-order chi connectivity index (χ1) is 14.1. The van der Waals surface area contributed by atoms with Crippen molar-refractivity contribution in [3.8, 4) is 0 Å². The lowest BCUT2D eigenvalue weighted by atomic mass is 10.0. The summed E-state index contributed by atoms with van der Waals surface area (Å²) in [5, 5.41) is 0. The monoisotopic (exact) mass is 449 g/mol. The highest BCUT2D eigenvalue weighted by atomic mass is 79.9. The molecule has 29 heavy (non-hydrogen) atoms. The molecule has 5 rings (SSSR count). The molecule has 0 bridgehead atoms. The number of amides is 1. The lowest BCUT2D eigenvalue weighted by Crippen LogP contribution is -2.29. The van der Waals surface area contributed by atoms with Crippen molar-refractivity contribution in [3.05, 3.63) is 98.2 Å². The Bertz CT molecular complexity index is 1290. The van der Waals surface area contributed by atoms with E-state index in [4.69, 9.17) is 4.42 Å². The van der Waals surface area contributed by atoms with Gasteiger partial charge in [-0.2, -0.15) is 0 Å². The highest BCUT2D eigenvalue weighted by Gasteiger charge is 2.36. The van der Waals surface area contributed by atoms with E-state index in [2.05, 4.69) is 25.9 Å². The molecule has 144 valence electrons. The van der Waals surface area contributed by atoms with Crippen molar-refractivity contribution in [2.45, 2.75) is 19.0 Å². The number of hydrogen-bond donors (Lipinski definition) is 1. The molecule has 2 aromatic carbocycles. The normalized spacial score (nSPS) is 15.8. The number of halogens is 1. The maximum Gasteiger partial charge on any atom is 0.417 e. The number of aromatic amines is 1. The van der Waals surface area contributed by atoms with E-state index in [1.54, 1.807) is 18.3 Å². The second-order valence-corrected chi connectivity index (χ2v) is 7.87. The zero-order valence-electron chi connectivity index (χ0n) is 15.3. The van der Waals surface area contributed by atoms with Crippen molar-refractivity contribution in [1.29, 1.82) is 0 Å². The second kappa shape index (κ2) is 7.00. The van der Waals surface area contributed by atoms with Crippen LogP contribution in [0.3, 0.4) is 0 Å². The molecule has 0 saturated carbocycles. The molecule has 4 aromatic rings. The summed E-state index contributed by atoms with van der Waals surface area (Å²) in [7, 11) is 0. The number of oxazole rings is 1. The van der Waals surface area contributed by atoms with Crippen LogP contribution in [0.15, 0.2) is 74.5 Å². The van der Waals surface area contributed by atoms with Crippen molar-refractivity contribution in [2.75, 3.05) is 0 Å². The molecule has 0 saturated heterocycles. The number of carbonyl (C=O) groups is 1. The predicted octanol–water partition coefficient (Wildman–Crippen LogP) is 4.22. The van der Waals surface area contributed by atoms with Crippen LogP contribution in [-0.2, 0) is 13.0 Å². The molecule has 1 N–H and O–H groups in total. The van der Waals surface area contributed by atoms with Gasteiger partial charge in [0.2, 0.25) is 0 Å². The molecule has 1 aliphatic heterocycles. The molecule has 0 aliphatic carbocycles. The number of H-pyrrole nitrogens is 1. The van der Waals surface area contributed by atoms with Crippen molar-refractivity contribution in [3.63, 3.8) is 0 Å². The molecule has 3 heterocycles. The van der Waals surface area contributed by atoms with Crippen LogP contribution in [0.4, 0.5) is 0 Å². The first kappa shape index (κ1) is 17.9. The summed E-state index contributed by atoms with van der Waals surface area (Å²) in [5.41, 5.74) is 4.65. The Morgan fingerprint density at radius 3 is 2.83 bits per heavy atom. The average Bonchev–Trinajstić information content (AvgIpc) is 3.21. The fourth-order valence-electron chi connectivity index (χ4n) is 3.89. The molecular weight excluding hydrogens is 434 g/mol. The summed E-state index contributed by atoms with van der Waals surface area (Å²) in [6, 6.07) is 16.9. The summed E-state index contributed by atoms with van der Waals surface area (Å²) in [5.74, 6) is -0.493. The fourth-order valence-corrected chi connectivity index (χ4v) is 4.30. The van der Waals surface area contributed by atoms with E-state index in [0.29, 0.717) is 24.1 Å². The minimum absolute atomic E-state index is 0.00623. The molecule has 7 heteroatoms. The van der Waals surface area contributed by atoms with Gasteiger partial charge in [-0.1, -0.05) is 24.3 Å². The van der Waals surface area contributed by atoms with Crippen LogP contribution in [0.25, 0.3) is 11.1 Å². The van der Waals surface area contributed by atoms with Crippen molar-refractivity contribution < 1.29 is 9.21 Å². The molecule has 0 unspecified atom stereocenters. The standard InChI is InChI=1S/C22H16BrN3O3/c23-16-6-3-9-24-18(16)11-19-14-4-1-2-5-15(14)21(27)26(19)12-13-7-8-17-20(10-13)29-22(28)25-17/h1-10,19H,11-12H2,(H,25,28)/t19-/m1/s1. The smallest absolute Gasteiger partial charge is 0.408 e. The van der Waals surface area contributed by atoms with Gasteiger partial charge in [-0.3, -0.25) is 14.8 Å². The maximum absolute atomic E-state index is 13.2. The number of nitrogens with one attached hydrogen (secondary N) is 1. The number of nitrogens with zero attached hydrogens (tertiary/aromatic N) is 2. The van der Waals surface area contributed by atoms with Gasteiger partial charge in [0.15, 0.2) is 5.58 Å². The van der Waals surface area contributed by atoms with Crippen molar-refractivity contribution in [2.24, 2.45) is 0 Å². The summed E-state index contributed by atoms with van der Waals surface area (Å²) < 4.78 is 6.09. The van der Waals surface area contributed by atoms with Crippen LogP contribution in [0.5, 0.6) is 0 Å². The van der Waals surface area contributed by atoms with Gasteiger partial charge in [0.05, 0.1) is 17.3 Å². The Labute approximate surface area is 174 Å². The zero-order chi connectivity index (χ0) is 20.0. The zero-order valence-corrected chi connectivity index (χ0v) is 16.8. The lowest BCUT2D eigenvalue weighted by molar-refractivity contribution is 0.0708. The summed E-state index contributed by atoms with van der Waals surface area (Å²) in [4.78, 5) is 33.6. The summed E-state index contributed by atoms with van der Waals surface area (Å²) in [6.45, 7) is 0.410. The van der Waals surface area contributed by atoms with E-state index < -0.39 is 5.76 Å². The van der Waals surface area contributed by atoms with Gasteiger partial charge in [-0.05, 0) is 57.4 Å². The average molecular weight is 450 g/mol. The Kier molecular flexibility index (Phi) is 4.32. The summed E-state index contributed by atoms with van der Waals surface area (Å²) in [6.07, 6.45) is 2.36. The number of rotatable bonds is 4. The van der Waals surface area contributed by atoms with E-state index in [0.717, 1.165) is 26.9 Å². The highest BCUT2D eigenvalue weighted by molar-refractivity contribution is 9.10. The summed E-state index contributed by atoms with van der Waals surface area (Å²) >= 11 is 3.56. The molecule has 1 aliphatic rings. The fraction of sp³-hybridized carbons (Fsp3) is 0.136. The van der Waals surface area contributed by atoms with Crippen LogP contribution < -0.4 is 5.76 Å². The number of fused-ring (bicyclic) bond motifs is 2. The van der Waals surface area contributed by atoms with Gasteiger partial charge < -0.3 is 9.32 Å². The number of benzene rings is 2. The van der Waals surface area contributed by atoms with E-state index in [9.17, 15) is 9.59 Å². The van der Waals surface area contributed by atoms with Gasteiger partial charge in [0, 0.05) is 29.2 Å². The van der Waals surface area contributed by atoms with Crippen molar-refractivity contribution >= 4 is 32.9 Å². The van der Waals surface area contributed by atoms with Crippen LogP contribution in [0.1, 0.15) is 33.2 Å². The maximum atomic E-state index is 13.2. The van der Waals surface area contributed by atoms with Crippen LogP contribution >= 0.6 is 15.9 Å². The second-order valence-electron chi connectivity index (χ2n) is 7.02. The van der Waals surface area contributed by atoms with Crippen molar-refractivity contribution in [1.82, 2.24) is 14.9 Å². The SMILES string of the molecule is O=C1c2ccccc2[C@@H](Cc2ncccc2Br)N1Cc1ccc2[nH]c(=O)oc2c1. The van der Waals surface area contributed by atoms with Crippen LogP contribution in [0, 0.1) is 0 Å². The number of pyridine rings is 1. The largest absolute Gasteiger partial charge is 0.417 e. The van der Waals surface area contributed by atoms with E-state index in [-0.39, 0.29) is 11.9 Å². The molecule has 0 fully saturated rings. The van der Waals surface area contributed by atoms with E-state index in [1.165, 1.54) is 0 Å². The van der Waals surface area contributed by atoms with Gasteiger partial charge in [-0.15, -0.1) is 0 Å². The van der Waals surface area contributed by atoms with Gasteiger partial charge in [0.1, 0.15) is 0 Å². The van der Waals surface area contributed by atoms with Gasteiger partial charge in [-0.25, -0.2) is 4.79 Å². The number of aromatic nitrogens is 2. The lowest BCUT2D eigenvalue weighted by Gasteiger charge is -2.25. The van der Waals surface area contributed by atoms with Gasteiger partial charge in [0.25, 0.3) is 5.91 Å². The molecular formula is C22H16BrN3O3. The quantitative estimate of drug-likeness (QED) is 0.505. The third-order valence-corrected chi connectivity index (χ3v) is 5.97.